The van der Waals surface area contributed by atoms with Crippen LogP contribution in [0.3, 0.4) is 0 Å². The van der Waals surface area contributed by atoms with Gasteiger partial charge in [0, 0.05) is 42.1 Å². The highest BCUT2D eigenvalue weighted by Crippen LogP contribution is 2.25. The second kappa shape index (κ2) is 11.2. The van der Waals surface area contributed by atoms with Crippen LogP contribution in [0.2, 0.25) is 10.0 Å². The van der Waals surface area contributed by atoms with E-state index in [1.807, 2.05) is 0 Å². The first-order chi connectivity index (χ1) is 17.3. The van der Waals surface area contributed by atoms with E-state index in [9.17, 15) is 14.7 Å². The molecule has 2 heterocycles. The van der Waals surface area contributed by atoms with Crippen LogP contribution in [-0.4, -0.2) is 49.1 Å². The number of hydrogen-bond donors (Lipinski definition) is 4. The predicted octanol–water partition coefficient (Wildman–Crippen LogP) is 4.64. The lowest BCUT2D eigenvalue weighted by molar-refractivity contribution is 0.102. The van der Waals surface area contributed by atoms with Gasteiger partial charge in [-0.2, -0.15) is 4.98 Å². The molecule has 0 radical (unpaired) electrons. The van der Waals surface area contributed by atoms with E-state index in [1.165, 1.54) is 23.0 Å². The largest absolute Gasteiger partial charge is 0.392 e. The molecule has 0 spiro atoms. The maximum atomic E-state index is 13.3. The van der Waals surface area contributed by atoms with Crippen molar-refractivity contribution in [3.63, 3.8) is 0 Å². The van der Waals surface area contributed by atoms with E-state index in [0.717, 1.165) is 0 Å². The SMILES string of the molecule is C[C@H](O)CNc1nccc(-n2ccnc2C(=O)c2cccc(NC(=O)Nc3ccc(Cl)c(Cl)c3)c2)n1. The number of aromatic nitrogens is 4. The van der Waals surface area contributed by atoms with Crippen molar-refractivity contribution in [2.75, 3.05) is 22.5 Å². The Morgan fingerprint density at radius 2 is 1.78 bits per heavy atom. The van der Waals surface area contributed by atoms with E-state index in [4.69, 9.17) is 23.2 Å². The van der Waals surface area contributed by atoms with E-state index in [0.29, 0.717) is 38.7 Å². The normalized spacial score (nSPS) is 11.6. The molecule has 4 N–H and O–H groups in total. The molecule has 4 rings (SSSR count). The maximum Gasteiger partial charge on any atom is 0.323 e. The number of benzene rings is 2. The Hall–Kier alpha value is -3.99. The van der Waals surface area contributed by atoms with Crippen LogP contribution in [0.15, 0.2) is 67.1 Å². The minimum absolute atomic E-state index is 0.132. The number of ketones is 1. The molecular formula is C24H21Cl2N7O3. The quantitative estimate of drug-likeness (QED) is 0.246. The summed E-state index contributed by atoms with van der Waals surface area (Å²) in [6, 6.07) is 12.3. The standard InChI is InChI=1S/C24H21Cl2N7O3/c1-14(34)13-29-23-28-8-7-20(32-23)33-10-9-27-22(33)21(35)15-3-2-4-16(11-15)30-24(36)31-17-5-6-18(25)19(26)12-17/h2-12,14,34H,13H2,1H3,(H,28,29,32)(H2,30,31,36)/t14-/m0/s1. The van der Waals surface area contributed by atoms with E-state index in [2.05, 4.69) is 30.9 Å². The summed E-state index contributed by atoms with van der Waals surface area (Å²) in [6.45, 7) is 1.92. The first kappa shape index (κ1) is 25.1. The van der Waals surface area contributed by atoms with Crippen molar-refractivity contribution >= 4 is 52.3 Å². The molecule has 36 heavy (non-hydrogen) atoms. The summed E-state index contributed by atoms with van der Waals surface area (Å²) in [5.41, 5.74) is 1.18. The van der Waals surface area contributed by atoms with Crippen molar-refractivity contribution in [2.24, 2.45) is 0 Å². The fourth-order valence-electron chi connectivity index (χ4n) is 3.20. The van der Waals surface area contributed by atoms with Crippen LogP contribution in [0.1, 0.15) is 23.1 Å². The molecule has 0 aliphatic carbocycles. The van der Waals surface area contributed by atoms with Gasteiger partial charge in [0.15, 0.2) is 5.82 Å². The van der Waals surface area contributed by atoms with E-state index in [1.54, 1.807) is 55.6 Å². The minimum Gasteiger partial charge on any atom is -0.392 e. The van der Waals surface area contributed by atoms with Crippen molar-refractivity contribution in [2.45, 2.75) is 13.0 Å². The molecule has 4 aromatic rings. The summed E-state index contributed by atoms with van der Waals surface area (Å²) in [5.74, 6) is 0.493. The number of aliphatic hydroxyl groups is 1. The zero-order valence-electron chi connectivity index (χ0n) is 18.9. The van der Waals surface area contributed by atoms with Gasteiger partial charge < -0.3 is 21.1 Å². The zero-order valence-corrected chi connectivity index (χ0v) is 20.5. The second-order valence-electron chi connectivity index (χ2n) is 7.71. The molecule has 0 saturated carbocycles. The second-order valence-corrected chi connectivity index (χ2v) is 8.52. The molecule has 12 heteroatoms. The summed E-state index contributed by atoms with van der Waals surface area (Å²) in [4.78, 5) is 38.4. The number of carbonyl (C=O) groups excluding carboxylic acids is 2. The highest BCUT2D eigenvalue weighted by Gasteiger charge is 2.18. The first-order valence-corrected chi connectivity index (χ1v) is 11.5. The highest BCUT2D eigenvalue weighted by molar-refractivity contribution is 6.42. The third-order valence-corrected chi connectivity index (χ3v) is 5.59. The maximum absolute atomic E-state index is 13.3. The van der Waals surface area contributed by atoms with Gasteiger partial charge in [0.1, 0.15) is 5.82 Å². The van der Waals surface area contributed by atoms with Crippen molar-refractivity contribution in [3.8, 4) is 5.82 Å². The minimum atomic E-state index is -0.574. The van der Waals surface area contributed by atoms with Crippen LogP contribution in [0.4, 0.5) is 22.1 Å². The van der Waals surface area contributed by atoms with Gasteiger partial charge in [0.2, 0.25) is 11.7 Å². The van der Waals surface area contributed by atoms with E-state index >= 15 is 0 Å². The molecule has 10 nitrogen and oxygen atoms in total. The van der Waals surface area contributed by atoms with Crippen molar-refractivity contribution in [1.29, 1.82) is 0 Å². The van der Waals surface area contributed by atoms with E-state index < -0.39 is 12.1 Å². The summed E-state index contributed by atoms with van der Waals surface area (Å²) in [7, 11) is 0. The van der Waals surface area contributed by atoms with Crippen LogP contribution in [0, 0.1) is 0 Å². The molecule has 0 fully saturated rings. The van der Waals surface area contributed by atoms with Crippen LogP contribution >= 0.6 is 23.2 Å². The van der Waals surface area contributed by atoms with Gasteiger partial charge in [-0.15, -0.1) is 0 Å². The highest BCUT2D eigenvalue weighted by atomic mass is 35.5. The third kappa shape index (κ3) is 6.16. The van der Waals surface area contributed by atoms with Crippen LogP contribution in [0.25, 0.3) is 5.82 Å². The number of nitrogens with zero attached hydrogens (tertiary/aromatic N) is 4. The number of halogens is 2. The van der Waals surface area contributed by atoms with E-state index in [-0.39, 0.29) is 18.2 Å². The number of aliphatic hydroxyl groups excluding tert-OH is 1. The predicted molar refractivity (Wildman–Crippen MR) is 138 cm³/mol. The van der Waals surface area contributed by atoms with Crippen LogP contribution < -0.4 is 16.0 Å². The van der Waals surface area contributed by atoms with Crippen LogP contribution in [-0.2, 0) is 0 Å². The van der Waals surface area contributed by atoms with Gasteiger partial charge in [0.05, 0.1) is 16.1 Å². The van der Waals surface area contributed by atoms with Crippen molar-refractivity contribution < 1.29 is 14.7 Å². The average Bonchev–Trinajstić information content (AvgIpc) is 3.35. The van der Waals surface area contributed by atoms with Gasteiger partial charge >= 0.3 is 6.03 Å². The number of urea groups is 1. The molecule has 2 amide bonds. The fraction of sp³-hybridized carbons (Fsp3) is 0.125. The molecule has 2 aromatic heterocycles. The lowest BCUT2D eigenvalue weighted by Gasteiger charge is -2.11. The van der Waals surface area contributed by atoms with Gasteiger partial charge in [-0.3, -0.25) is 9.36 Å². The molecule has 0 bridgehead atoms. The topological polar surface area (TPSA) is 134 Å². The fourth-order valence-corrected chi connectivity index (χ4v) is 3.50. The number of amides is 2. The number of anilines is 3. The molecule has 0 aliphatic heterocycles. The Morgan fingerprint density at radius 3 is 2.53 bits per heavy atom. The van der Waals surface area contributed by atoms with Crippen molar-refractivity contribution in [3.05, 3.63) is 88.6 Å². The smallest absolute Gasteiger partial charge is 0.323 e. The Labute approximate surface area is 216 Å². The Bertz CT molecular complexity index is 1410. The lowest BCUT2D eigenvalue weighted by atomic mass is 10.1. The van der Waals surface area contributed by atoms with Crippen LogP contribution in [0.5, 0.6) is 0 Å². The molecule has 1 atom stereocenters. The van der Waals surface area contributed by atoms with Gasteiger partial charge in [0.25, 0.3) is 0 Å². The van der Waals surface area contributed by atoms with Gasteiger partial charge in [-0.1, -0.05) is 35.3 Å². The summed E-state index contributed by atoms with van der Waals surface area (Å²) in [6.07, 6.45) is 4.07. The number of imidazole rings is 1. The number of rotatable bonds is 8. The average molecular weight is 526 g/mol. The monoisotopic (exact) mass is 525 g/mol. The molecular weight excluding hydrogens is 505 g/mol. The Balaban J connectivity index is 1.50. The lowest BCUT2D eigenvalue weighted by Crippen LogP contribution is -2.20. The van der Waals surface area contributed by atoms with Gasteiger partial charge in [-0.05, 0) is 43.3 Å². The summed E-state index contributed by atoms with van der Waals surface area (Å²) < 4.78 is 1.54. The molecule has 0 saturated heterocycles. The molecule has 184 valence electrons. The third-order valence-electron chi connectivity index (χ3n) is 4.85. The Morgan fingerprint density at radius 1 is 1.00 bits per heavy atom. The van der Waals surface area contributed by atoms with Gasteiger partial charge in [-0.25, -0.2) is 14.8 Å². The zero-order chi connectivity index (χ0) is 25.7. The summed E-state index contributed by atoms with van der Waals surface area (Å²) in [5, 5.41) is 18.4. The molecule has 0 aliphatic rings. The Kier molecular flexibility index (Phi) is 7.79. The molecule has 0 unspecified atom stereocenters. The summed E-state index contributed by atoms with van der Waals surface area (Å²) >= 11 is 11.9. The number of hydrogen-bond acceptors (Lipinski definition) is 7. The number of carbonyl (C=O) groups is 2. The first-order valence-electron chi connectivity index (χ1n) is 10.8. The van der Waals surface area contributed by atoms with Crippen molar-refractivity contribution in [1.82, 2.24) is 19.5 Å². The number of nitrogens with one attached hydrogen (secondary N) is 3. The molecule has 2 aromatic carbocycles.